The summed E-state index contributed by atoms with van der Waals surface area (Å²) in [5.74, 6) is 0. The van der Waals surface area contributed by atoms with Gasteiger partial charge in [-0.05, 0) is 19.3 Å². The Morgan fingerprint density at radius 1 is 1.08 bits per heavy atom. The number of nitrogens with two attached hydrogens (primary N) is 1. The van der Waals surface area contributed by atoms with Crippen LogP contribution in [0, 0.1) is 0 Å². The van der Waals surface area contributed by atoms with Gasteiger partial charge in [-0.1, -0.05) is 19.3 Å². The van der Waals surface area contributed by atoms with Crippen LogP contribution in [0.15, 0.2) is 0 Å². The molecule has 1 saturated carbocycles. The summed E-state index contributed by atoms with van der Waals surface area (Å²) in [4.78, 5) is 0. The average molecular weight is 204 g/mol. The van der Waals surface area contributed by atoms with Crippen molar-refractivity contribution in [1.29, 1.82) is 0 Å². The highest BCUT2D eigenvalue weighted by Crippen LogP contribution is 2.43. The Hall–Kier alpha value is -0.130. The highest BCUT2D eigenvalue weighted by atomic mass is 32.2. The van der Waals surface area contributed by atoms with Gasteiger partial charge in [-0.15, -0.1) is 0 Å². The largest absolute Gasteiger partial charge is 0.277 e. The van der Waals surface area contributed by atoms with Crippen LogP contribution >= 0.6 is 0 Å². The van der Waals surface area contributed by atoms with Crippen LogP contribution in [0.4, 0.5) is 0 Å². The summed E-state index contributed by atoms with van der Waals surface area (Å²) in [7, 11) is -3.44. The van der Waals surface area contributed by atoms with E-state index in [1.165, 1.54) is 10.7 Å². The van der Waals surface area contributed by atoms with Crippen molar-refractivity contribution in [3.63, 3.8) is 0 Å². The van der Waals surface area contributed by atoms with E-state index in [4.69, 9.17) is 5.14 Å². The van der Waals surface area contributed by atoms with Crippen molar-refractivity contribution < 1.29 is 8.42 Å². The van der Waals surface area contributed by atoms with E-state index >= 15 is 0 Å². The minimum absolute atomic E-state index is 0.0775. The fourth-order valence-electron chi connectivity index (χ4n) is 2.63. The van der Waals surface area contributed by atoms with E-state index in [1.54, 1.807) is 0 Å². The van der Waals surface area contributed by atoms with Gasteiger partial charge < -0.3 is 0 Å². The Kier molecular flexibility index (Phi) is 2.13. The molecular weight excluding hydrogens is 188 g/mol. The van der Waals surface area contributed by atoms with Crippen LogP contribution in [-0.2, 0) is 10.2 Å². The normalized spacial score (nSPS) is 28.7. The molecule has 2 aliphatic rings. The molecule has 0 atom stereocenters. The van der Waals surface area contributed by atoms with E-state index in [1.807, 2.05) is 0 Å². The molecule has 4 nitrogen and oxygen atoms in total. The van der Waals surface area contributed by atoms with Crippen molar-refractivity contribution in [3.05, 3.63) is 0 Å². The molecule has 0 unspecified atom stereocenters. The first kappa shape index (κ1) is 9.43. The van der Waals surface area contributed by atoms with Crippen LogP contribution in [0.2, 0.25) is 0 Å². The average Bonchev–Trinajstić information content (AvgIpc) is 2.01. The van der Waals surface area contributed by atoms with Crippen LogP contribution in [0.3, 0.4) is 0 Å². The standard InChI is InChI=1S/C8H16N2O2S/c9-13(11,12)10-7-6-8(10)4-2-1-3-5-8/h1-7H2,(H2,9,11,12). The zero-order chi connectivity index (χ0) is 9.53. The lowest BCUT2D eigenvalue weighted by molar-refractivity contribution is 0.0333. The molecule has 2 fully saturated rings. The van der Waals surface area contributed by atoms with E-state index in [2.05, 4.69) is 0 Å². The predicted octanol–water partition coefficient (Wildman–Crippen LogP) is 0.599. The third-order valence-corrected chi connectivity index (χ3v) is 4.59. The second kappa shape index (κ2) is 2.93. The highest BCUT2D eigenvalue weighted by molar-refractivity contribution is 7.86. The monoisotopic (exact) mass is 204 g/mol. The number of hydrogen-bond acceptors (Lipinski definition) is 2. The molecular formula is C8H16N2O2S. The third-order valence-electron chi connectivity index (χ3n) is 3.40. The zero-order valence-electron chi connectivity index (χ0n) is 7.70. The Bertz CT molecular complexity index is 293. The van der Waals surface area contributed by atoms with Gasteiger partial charge >= 0.3 is 0 Å². The fraction of sp³-hybridized carbons (Fsp3) is 1.00. The van der Waals surface area contributed by atoms with Gasteiger partial charge in [-0.25, -0.2) is 5.14 Å². The molecule has 0 bridgehead atoms. The van der Waals surface area contributed by atoms with Crippen LogP contribution in [-0.4, -0.2) is 24.8 Å². The molecule has 1 saturated heterocycles. The molecule has 1 aliphatic heterocycles. The van der Waals surface area contributed by atoms with E-state index in [0.29, 0.717) is 6.54 Å². The van der Waals surface area contributed by atoms with Crippen molar-refractivity contribution in [3.8, 4) is 0 Å². The van der Waals surface area contributed by atoms with Crippen LogP contribution in [0.5, 0.6) is 0 Å². The Balaban J connectivity index is 2.16. The molecule has 1 heterocycles. The van der Waals surface area contributed by atoms with Gasteiger partial charge in [-0.3, -0.25) is 0 Å². The Labute approximate surface area is 79.3 Å². The molecule has 1 aliphatic carbocycles. The first-order chi connectivity index (χ1) is 6.05. The molecule has 2 N–H and O–H groups in total. The molecule has 5 heteroatoms. The van der Waals surface area contributed by atoms with Gasteiger partial charge in [0.25, 0.3) is 10.2 Å². The summed E-state index contributed by atoms with van der Waals surface area (Å²) in [5.41, 5.74) is -0.0775. The van der Waals surface area contributed by atoms with Crippen LogP contribution in [0.25, 0.3) is 0 Å². The van der Waals surface area contributed by atoms with Crippen molar-refractivity contribution in [1.82, 2.24) is 4.31 Å². The summed E-state index contributed by atoms with van der Waals surface area (Å²) in [5, 5.41) is 5.14. The Morgan fingerprint density at radius 3 is 2.08 bits per heavy atom. The molecule has 0 aromatic rings. The predicted molar refractivity (Wildman–Crippen MR) is 50.2 cm³/mol. The van der Waals surface area contributed by atoms with Gasteiger partial charge in [-0.2, -0.15) is 12.7 Å². The second-order valence-electron chi connectivity index (χ2n) is 4.15. The van der Waals surface area contributed by atoms with Gasteiger partial charge in [0.1, 0.15) is 0 Å². The fourth-order valence-corrected chi connectivity index (χ4v) is 3.79. The lowest BCUT2D eigenvalue weighted by Gasteiger charge is -2.52. The van der Waals surface area contributed by atoms with E-state index in [0.717, 1.165) is 32.1 Å². The Morgan fingerprint density at radius 2 is 1.69 bits per heavy atom. The number of hydrogen-bond donors (Lipinski definition) is 1. The minimum Gasteiger partial charge on any atom is -0.216 e. The SMILES string of the molecule is NS(=O)(=O)N1CCC12CCCCC2. The summed E-state index contributed by atoms with van der Waals surface area (Å²) in [6, 6.07) is 0. The zero-order valence-corrected chi connectivity index (χ0v) is 8.52. The van der Waals surface area contributed by atoms with E-state index in [-0.39, 0.29) is 5.54 Å². The van der Waals surface area contributed by atoms with Gasteiger partial charge in [0, 0.05) is 12.1 Å². The van der Waals surface area contributed by atoms with Gasteiger partial charge in [0.2, 0.25) is 0 Å². The van der Waals surface area contributed by atoms with E-state index in [9.17, 15) is 8.42 Å². The maximum atomic E-state index is 11.2. The molecule has 2 rings (SSSR count). The smallest absolute Gasteiger partial charge is 0.216 e. The molecule has 0 aromatic carbocycles. The molecule has 0 amide bonds. The molecule has 76 valence electrons. The molecule has 13 heavy (non-hydrogen) atoms. The topological polar surface area (TPSA) is 63.4 Å². The number of nitrogens with zero attached hydrogens (tertiary/aromatic N) is 1. The van der Waals surface area contributed by atoms with Gasteiger partial charge in [0.15, 0.2) is 0 Å². The lowest BCUT2D eigenvalue weighted by atomic mass is 9.75. The molecule has 0 radical (unpaired) electrons. The minimum atomic E-state index is -3.44. The first-order valence-electron chi connectivity index (χ1n) is 4.85. The first-order valence-corrected chi connectivity index (χ1v) is 6.36. The van der Waals surface area contributed by atoms with Crippen molar-refractivity contribution in [2.75, 3.05) is 6.54 Å². The maximum Gasteiger partial charge on any atom is 0.277 e. The lowest BCUT2D eigenvalue weighted by Crippen LogP contribution is -2.64. The summed E-state index contributed by atoms with van der Waals surface area (Å²) >= 11 is 0. The van der Waals surface area contributed by atoms with E-state index < -0.39 is 10.2 Å². The van der Waals surface area contributed by atoms with Crippen LogP contribution in [0.1, 0.15) is 38.5 Å². The van der Waals surface area contributed by atoms with Gasteiger partial charge in [0.05, 0.1) is 0 Å². The summed E-state index contributed by atoms with van der Waals surface area (Å²) < 4.78 is 23.9. The molecule has 0 aromatic heterocycles. The summed E-state index contributed by atoms with van der Waals surface area (Å²) in [6.45, 7) is 0.624. The summed E-state index contributed by atoms with van der Waals surface area (Å²) in [6.07, 6.45) is 6.54. The van der Waals surface area contributed by atoms with Crippen molar-refractivity contribution >= 4 is 10.2 Å². The van der Waals surface area contributed by atoms with Crippen LogP contribution < -0.4 is 5.14 Å². The van der Waals surface area contributed by atoms with Crippen molar-refractivity contribution in [2.24, 2.45) is 5.14 Å². The van der Waals surface area contributed by atoms with Crippen molar-refractivity contribution in [2.45, 2.75) is 44.1 Å². The quantitative estimate of drug-likeness (QED) is 0.679. The maximum absolute atomic E-state index is 11.2. The molecule has 1 spiro atoms. The second-order valence-corrected chi connectivity index (χ2v) is 5.62. The number of rotatable bonds is 1. The third kappa shape index (κ3) is 1.49. The highest BCUT2D eigenvalue weighted by Gasteiger charge is 2.49.